The van der Waals surface area contributed by atoms with Crippen molar-refractivity contribution >= 4 is 16.8 Å². The Kier molecular flexibility index (Phi) is 4.29. The predicted molar refractivity (Wildman–Crippen MR) is 90.3 cm³/mol. The fourth-order valence-corrected chi connectivity index (χ4v) is 3.29. The highest BCUT2D eigenvalue weighted by Gasteiger charge is 2.24. The van der Waals surface area contributed by atoms with Crippen LogP contribution in [-0.4, -0.2) is 29.4 Å². The molecule has 0 spiro atoms. The summed E-state index contributed by atoms with van der Waals surface area (Å²) in [5.74, 6) is 0.0106. The lowest BCUT2D eigenvalue weighted by molar-refractivity contribution is 0.0798. The van der Waals surface area contributed by atoms with Crippen LogP contribution in [0.2, 0.25) is 0 Å². The van der Waals surface area contributed by atoms with Gasteiger partial charge in [-0.15, -0.1) is 0 Å². The van der Waals surface area contributed by atoms with Gasteiger partial charge in [0.05, 0.1) is 23.6 Å². The number of hydrogen-bond donors (Lipinski definition) is 0. The molecular weight excluding hydrogens is 286 g/mol. The SMILES string of the molecule is Cc1ccc2nc3c(c(C(=O)N(C)CCC#N)c2c1)CCCC3. The molecule has 1 amide bonds. The average Bonchev–Trinajstić information content (AvgIpc) is 2.57. The van der Waals surface area contributed by atoms with E-state index in [1.807, 2.05) is 19.1 Å². The summed E-state index contributed by atoms with van der Waals surface area (Å²) in [4.78, 5) is 19.5. The number of nitrogens with zero attached hydrogens (tertiary/aromatic N) is 3. The maximum Gasteiger partial charge on any atom is 0.254 e. The Labute approximate surface area is 136 Å². The summed E-state index contributed by atoms with van der Waals surface area (Å²) in [6.07, 6.45) is 4.46. The number of aromatic nitrogens is 1. The van der Waals surface area contributed by atoms with Crippen LogP contribution in [0.5, 0.6) is 0 Å². The second-order valence-electron chi connectivity index (χ2n) is 6.27. The Balaban J connectivity index is 2.18. The van der Waals surface area contributed by atoms with Crippen molar-refractivity contribution in [3.8, 4) is 6.07 Å². The van der Waals surface area contributed by atoms with Gasteiger partial charge in [-0.05, 0) is 50.3 Å². The number of nitriles is 1. The molecule has 0 atom stereocenters. The number of carbonyl (C=O) groups excluding carboxylic acids is 1. The van der Waals surface area contributed by atoms with E-state index >= 15 is 0 Å². The van der Waals surface area contributed by atoms with Gasteiger partial charge in [0.1, 0.15) is 0 Å². The number of fused-ring (bicyclic) bond motifs is 2. The highest BCUT2D eigenvalue weighted by atomic mass is 16.2. The quantitative estimate of drug-likeness (QED) is 0.873. The monoisotopic (exact) mass is 307 g/mol. The third-order valence-corrected chi connectivity index (χ3v) is 4.54. The van der Waals surface area contributed by atoms with Gasteiger partial charge in [0.15, 0.2) is 0 Å². The summed E-state index contributed by atoms with van der Waals surface area (Å²) < 4.78 is 0. The van der Waals surface area contributed by atoms with E-state index in [2.05, 4.69) is 12.1 Å². The van der Waals surface area contributed by atoms with Gasteiger partial charge in [-0.2, -0.15) is 5.26 Å². The molecule has 0 N–H and O–H groups in total. The van der Waals surface area contributed by atoms with Gasteiger partial charge in [-0.1, -0.05) is 11.6 Å². The van der Waals surface area contributed by atoms with E-state index in [4.69, 9.17) is 10.2 Å². The number of amides is 1. The zero-order valence-corrected chi connectivity index (χ0v) is 13.7. The second kappa shape index (κ2) is 6.37. The molecule has 118 valence electrons. The van der Waals surface area contributed by atoms with Gasteiger partial charge in [0, 0.05) is 24.7 Å². The van der Waals surface area contributed by atoms with Crippen LogP contribution in [0.3, 0.4) is 0 Å². The number of aryl methyl sites for hydroxylation is 2. The molecule has 0 aliphatic heterocycles. The van der Waals surface area contributed by atoms with E-state index in [9.17, 15) is 4.79 Å². The van der Waals surface area contributed by atoms with E-state index in [-0.39, 0.29) is 5.91 Å². The van der Waals surface area contributed by atoms with Gasteiger partial charge in [0.25, 0.3) is 5.91 Å². The Hall–Kier alpha value is -2.41. The number of pyridine rings is 1. The summed E-state index contributed by atoms with van der Waals surface area (Å²) in [7, 11) is 1.77. The molecule has 23 heavy (non-hydrogen) atoms. The minimum absolute atomic E-state index is 0.0106. The van der Waals surface area contributed by atoms with Crippen molar-refractivity contribution in [1.29, 1.82) is 5.26 Å². The largest absolute Gasteiger partial charge is 0.341 e. The standard InChI is InChI=1S/C19H21N3O/c1-13-8-9-17-15(12-13)18(19(23)22(2)11-5-10-20)14-6-3-4-7-16(14)21-17/h8-9,12H,3-7,11H2,1-2H3. The number of carbonyl (C=O) groups is 1. The number of rotatable bonds is 3. The first-order valence-corrected chi connectivity index (χ1v) is 8.16. The lowest BCUT2D eigenvalue weighted by Crippen LogP contribution is -2.29. The van der Waals surface area contributed by atoms with Crippen molar-refractivity contribution in [2.75, 3.05) is 13.6 Å². The zero-order valence-electron chi connectivity index (χ0n) is 13.7. The summed E-state index contributed by atoms with van der Waals surface area (Å²) in [5, 5.41) is 9.71. The first-order chi connectivity index (χ1) is 11.1. The molecule has 0 radical (unpaired) electrons. The summed E-state index contributed by atoms with van der Waals surface area (Å²) in [6, 6.07) is 8.21. The zero-order chi connectivity index (χ0) is 16.4. The summed E-state index contributed by atoms with van der Waals surface area (Å²) in [6.45, 7) is 2.49. The molecule has 1 aromatic heterocycles. The lowest BCUT2D eigenvalue weighted by Gasteiger charge is -2.23. The fraction of sp³-hybridized carbons (Fsp3) is 0.421. The van der Waals surface area contributed by atoms with Crippen molar-refractivity contribution in [3.05, 3.63) is 40.6 Å². The van der Waals surface area contributed by atoms with Crippen LogP contribution < -0.4 is 0 Å². The van der Waals surface area contributed by atoms with Crippen molar-refractivity contribution in [3.63, 3.8) is 0 Å². The molecule has 1 heterocycles. The van der Waals surface area contributed by atoms with Crippen molar-refractivity contribution in [2.45, 2.75) is 39.0 Å². The van der Waals surface area contributed by atoms with Gasteiger partial charge in [-0.3, -0.25) is 9.78 Å². The van der Waals surface area contributed by atoms with E-state index in [0.717, 1.165) is 59.0 Å². The van der Waals surface area contributed by atoms with Crippen LogP contribution in [0.15, 0.2) is 18.2 Å². The summed E-state index contributed by atoms with van der Waals surface area (Å²) in [5.41, 5.74) is 5.01. The Morgan fingerprint density at radius 3 is 2.91 bits per heavy atom. The molecule has 0 bridgehead atoms. The maximum atomic E-state index is 13.0. The highest BCUT2D eigenvalue weighted by molar-refractivity contribution is 6.07. The van der Waals surface area contributed by atoms with Crippen LogP contribution in [0, 0.1) is 18.3 Å². The molecule has 4 heteroatoms. The number of hydrogen-bond acceptors (Lipinski definition) is 3. The predicted octanol–water partition coefficient (Wildman–Crippen LogP) is 3.41. The fourth-order valence-electron chi connectivity index (χ4n) is 3.29. The topological polar surface area (TPSA) is 57.0 Å². The summed E-state index contributed by atoms with van der Waals surface area (Å²) >= 11 is 0. The van der Waals surface area contributed by atoms with Crippen LogP contribution in [0.1, 0.15) is 46.4 Å². The average molecular weight is 307 g/mol. The lowest BCUT2D eigenvalue weighted by atomic mass is 9.89. The number of benzene rings is 1. The van der Waals surface area contributed by atoms with Gasteiger partial charge in [0.2, 0.25) is 0 Å². The maximum absolute atomic E-state index is 13.0. The van der Waals surface area contributed by atoms with Crippen LogP contribution in [0.4, 0.5) is 0 Å². The van der Waals surface area contributed by atoms with Gasteiger partial charge in [-0.25, -0.2) is 0 Å². The van der Waals surface area contributed by atoms with E-state index in [1.54, 1.807) is 11.9 Å². The van der Waals surface area contributed by atoms with Crippen LogP contribution in [-0.2, 0) is 12.8 Å². The Morgan fingerprint density at radius 1 is 1.35 bits per heavy atom. The van der Waals surface area contributed by atoms with Gasteiger partial charge >= 0.3 is 0 Å². The van der Waals surface area contributed by atoms with E-state index in [1.165, 1.54) is 0 Å². The van der Waals surface area contributed by atoms with E-state index in [0.29, 0.717) is 13.0 Å². The molecular formula is C19H21N3O. The van der Waals surface area contributed by atoms with E-state index < -0.39 is 0 Å². The first kappa shape index (κ1) is 15.5. The molecule has 3 rings (SSSR count). The van der Waals surface area contributed by atoms with Crippen LogP contribution >= 0.6 is 0 Å². The first-order valence-electron chi connectivity index (χ1n) is 8.16. The van der Waals surface area contributed by atoms with Crippen molar-refractivity contribution in [1.82, 2.24) is 9.88 Å². The minimum atomic E-state index is 0.0106. The minimum Gasteiger partial charge on any atom is -0.341 e. The highest BCUT2D eigenvalue weighted by Crippen LogP contribution is 2.30. The normalized spacial score (nSPS) is 13.4. The third kappa shape index (κ3) is 2.92. The Morgan fingerprint density at radius 2 is 2.13 bits per heavy atom. The van der Waals surface area contributed by atoms with Crippen molar-refractivity contribution < 1.29 is 4.79 Å². The molecule has 4 nitrogen and oxygen atoms in total. The van der Waals surface area contributed by atoms with Gasteiger partial charge < -0.3 is 4.90 Å². The van der Waals surface area contributed by atoms with Crippen molar-refractivity contribution in [2.24, 2.45) is 0 Å². The molecule has 0 saturated heterocycles. The molecule has 1 aliphatic rings. The smallest absolute Gasteiger partial charge is 0.254 e. The molecule has 0 fully saturated rings. The molecule has 1 aliphatic carbocycles. The Bertz CT molecular complexity index is 804. The third-order valence-electron chi connectivity index (χ3n) is 4.54. The molecule has 0 saturated carbocycles. The second-order valence-corrected chi connectivity index (χ2v) is 6.27. The van der Waals surface area contributed by atoms with Crippen LogP contribution in [0.25, 0.3) is 10.9 Å². The molecule has 2 aromatic rings. The molecule has 0 unspecified atom stereocenters. The molecule has 1 aromatic carbocycles.